The van der Waals surface area contributed by atoms with Crippen LogP contribution in [0, 0.1) is 5.92 Å². The zero-order valence-corrected chi connectivity index (χ0v) is 18.1. The number of rotatable bonds is 5. The second-order valence-electron chi connectivity index (χ2n) is 8.50. The van der Waals surface area contributed by atoms with Gasteiger partial charge in [0.2, 0.25) is 5.91 Å². The average molecular weight is 433 g/mol. The van der Waals surface area contributed by atoms with Crippen molar-refractivity contribution in [2.24, 2.45) is 5.92 Å². The minimum absolute atomic E-state index is 0.0901. The summed E-state index contributed by atoms with van der Waals surface area (Å²) in [5.41, 5.74) is 0.919. The molecule has 1 saturated heterocycles. The molecule has 4 rings (SSSR count). The standard InChI is InChI=1S/C22H28N2O5S/c1-30(27,28)15-18-17-8-4-5-9-19(17)29-21(18)22(26)24-12-10-23(11-13-24)20(25)14-16-6-2-3-7-16/h4-5,8-9,16H,2-3,6-7,10-15H2,1H3. The van der Waals surface area contributed by atoms with Crippen molar-refractivity contribution in [3.05, 3.63) is 35.6 Å². The van der Waals surface area contributed by atoms with E-state index in [1.165, 1.54) is 12.8 Å². The van der Waals surface area contributed by atoms with Gasteiger partial charge >= 0.3 is 0 Å². The van der Waals surface area contributed by atoms with Gasteiger partial charge in [0.15, 0.2) is 15.6 Å². The molecule has 2 aromatic rings. The van der Waals surface area contributed by atoms with Gasteiger partial charge in [-0.25, -0.2) is 8.42 Å². The maximum absolute atomic E-state index is 13.2. The molecule has 2 amide bonds. The Morgan fingerprint density at radius 1 is 1.03 bits per heavy atom. The number of benzene rings is 1. The van der Waals surface area contributed by atoms with Gasteiger partial charge in [0.05, 0.1) is 5.75 Å². The smallest absolute Gasteiger partial charge is 0.290 e. The summed E-state index contributed by atoms with van der Waals surface area (Å²) in [5.74, 6) is 0.215. The molecule has 7 nitrogen and oxygen atoms in total. The van der Waals surface area contributed by atoms with Crippen LogP contribution in [-0.4, -0.2) is 62.5 Å². The summed E-state index contributed by atoms with van der Waals surface area (Å²) in [7, 11) is -3.34. The SMILES string of the molecule is CS(=O)(=O)Cc1c(C(=O)N2CCN(C(=O)CC3CCCC3)CC2)oc2ccccc12. The first-order valence-corrected chi connectivity index (χ1v) is 12.6. The molecular weight excluding hydrogens is 404 g/mol. The lowest BCUT2D eigenvalue weighted by Crippen LogP contribution is -2.50. The number of hydrogen-bond donors (Lipinski definition) is 0. The highest BCUT2D eigenvalue weighted by Gasteiger charge is 2.31. The molecule has 30 heavy (non-hydrogen) atoms. The largest absolute Gasteiger partial charge is 0.451 e. The van der Waals surface area contributed by atoms with E-state index in [9.17, 15) is 18.0 Å². The third-order valence-electron chi connectivity index (χ3n) is 6.16. The fourth-order valence-electron chi connectivity index (χ4n) is 4.57. The highest BCUT2D eigenvalue weighted by Crippen LogP contribution is 2.30. The fraction of sp³-hybridized carbons (Fsp3) is 0.545. The van der Waals surface area contributed by atoms with E-state index in [4.69, 9.17) is 4.42 Å². The van der Waals surface area contributed by atoms with Crippen LogP contribution in [-0.2, 0) is 20.4 Å². The van der Waals surface area contributed by atoms with Crippen molar-refractivity contribution in [3.63, 3.8) is 0 Å². The zero-order valence-electron chi connectivity index (χ0n) is 17.3. The quantitative estimate of drug-likeness (QED) is 0.725. The Morgan fingerprint density at radius 3 is 2.33 bits per heavy atom. The number of hydrogen-bond acceptors (Lipinski definition) is 5. The maximum atomic E-state index is 13.2. The molecule has 2 aliphatic rings. The Morgan fingerprint density at radius 2 is 1.67 bits per heavy atom. The second kappa shape index (κ2) is 8.41. The summed E-state index contributed by atoms with van der Waals surface area (Å²) in [6.45, 7) is 1.84. The van der Waals surface area contributed by atoms with Gasteiger partial charge in [-0.15, -0.1) is 0 Å². The van der Waals surface area contributed by atoms with Gasteiger partial charge in [0.25, 0.3) is 5.91 Å². The molecule has 0 spiro atoms. The van der Waals surface area contributed by atoms with Gasteiger partial charge in [-0.2, -0.15) is 0 Å². The lowest BCUT2D eigenvalue weighted by atomic mass is 10.0. The Labute approximate surface area is 176 Å². The van der Waals surface area contributed by atoms with Gasteiger partial charge in [-0.05, 0) is 24.8 Å². The van der Waals surface area contributed by atoms with E-state index in [0.29, 0.717) is 55.1 Å². The van der Waals surface area contributed by atoms with E-state index in [0.717, 1.165) is 19.1 Å². The lowest BCUT2D eigenvalue weighted by molar-refractivity contribution is -0.133. The first-order valence-electron chi connectivity index (χ1n) is 10.6. The molecule has 1 aromatic heterocycles. The summed E-state index contributed by atoms with van der Waals surface area (Å²) in [5, 5.41) is 0.650. The minimum Gasteiger partial charge on any atom is -0.451 e. The molecule has 0 unspecified atom stereocenters. The molecule has 1 aliphatic heterocycles. The normalized spacial score (nSPS) is 18.3. The van der Waals surface area contributed by atoms with E-state index in [-0.39, 0.29) is 23.3 Å². The molecule has 0 bridgehead atoms. The molecule has 162 valence electrons. The van der Waals surface area contributed by atoms with Crippen molar-refractivity contribution in [3.8, 4) is 0 Å². The van der Waals surface area contributed by atoms with Crippen molar-refractivity contribution >= 4 is 32.6 Å². The molecule has 2 heterocycles. The highest BCUT2D eigenvalue weighted by atomic mass is 32.2. The monoisotopic (exact) mass is 432 g/mol. The molecule has 1 saturated carbocycles. The van der Waals surface area contributed by atoms with Gasteiger partial charge in [-0.3, -0.25) is 9.59 Å². The molecule has 0 N–H and O–H groups in total. The summed E-state index contributed by atoms with van der Waals surface area (Å²) in [4.78, 5) is 29.2. The van der Waals surface area contributed by atoms with Crippen molar-refractivity contribution in [1.82, 2.24) is 9.80 Å². The van der Waals surface area contributed by atoms with Crippen LogP contribution in [0.25, 0.3) is 11.0 Å². The molecule has 2 fully saturated rings. The van der Waals surface area contributed by atoms with E-state index in [1.54, 1.807) is 29.2 Å². The first-order chi connectivity index (χ1) is 14.3. The van der Waals surface area contributed by atoms with E-state index in [2.05, 4.69) is 0 Å². The first kappa shape index (κ1) is 20.9. The molecular formula is C22H28N2O5S. The topological polar surface area (TPSA) is 87.9 Å². The van der Waals surface area contributed by atoms with E-state index < -0.39 is 9.84 Å². The van der Waals surface area contributed by atoms with Crippen molar-refractivity contribution in [1.29, 1.82) is 0 Å². The van der Waals surface area contributed by atoms with Gasteiger partial charge in [-0.1, -0.05) is 31.0 Å². The third kappa shape index (κ3) is 4.53. The van der Waals surface area contributed by atoms with Crippen molar-refractivity contribution in [2.45, 2.75) is 37.9 Å². The van der Waals surface area contributed by atoms with Crippen molar-refractivity contribution < 1.29 is 22.4 Å². The summed E-state index contributed by atoms with van der Waals surface area (Å²) in [6.07, 6.45) is 6.47. The van der Waals surface area contributed by atoms with Crippen LogP contribution in [0.2, 0.25) is 0 Å². The predicted molar refractivity (Wildman–Crippen MR) is 114 cm³/mol. The van der Waals surface area contributed by atoms with Crippen LogP contribution in [0.4, 0.5) is 0 Å². The highest BCUT2D eigenvalue weighted by molar-refractivity contribution is 7.89. The summed E-state index contributed by atoms with van der Waals surface area (Å²) >= 11 is 0. The van der Waals surface area contributed by atoms with Crippen LogP contribution in [0.5, 0.6) is 0 Å². The number of carbonyl (C=O) groups excluding carboxylic acids is 2. The Bertz CT molecular complexity index is 1040. The summed E-state index contributed by atoms with van der Waals surface area (Å²) in [6, 6.07) is 7.10. The Kier molecular flexibility index (Phi) is 5.86. The molecule has 1 aromatic carbocycles. The van der Waals surface area contributed by atoms with Crippen LogP contribution >= 0.6 is 0 Å². The number of amides is 2. The van der Waals surface area contributed by atoms with Crippen LogP contribution in [0.15, 0.2) is 28.7 Å². The van der Waals surface area contributed by atoms with Gasteiger partial charge < -0.3 is 14.2 Å². The zero-order chi connectivity index (χ0) is 21.3. The number of furan rings is 1. The average Bonchev–Trinajstić information content (AvgIpc) is 3.35. The third-order valence-corrected chi connectivity index (χ3v) is 6.97. The molecule has 8 heteroatoms. The number of carbonyl (C=O) groups is 2. The Balaban J connectivity index is 1.47. The second-order valence-corrected chi connectivity index (χ2v) is 10.6. The number of fused-ring (bicyclic) bond motifs is 1. The number of para-hydroxylation sites is 1. The number of nitrogens with zero attached hydrogens (tertiary/aromatic N) is 2. The van der Waals surface area contributed by atoms with Crippen LogP contribution < -0.4 is 0 Å². The molecule has 1 aliphatic carbocycles. The van der Waals surface area contributed by atoms with Crippen LogP contribution in [0.3, 0.4) is 0 Å². The summed E-state index contributed by atoms with van der Waals surface area (Å²) < 4.78 is 29.7. The number of piperazine rings is 1. The Hall–Kier alpha value is -2.35. The van der Waals surface area contributed by atoms with E-state index in [1.807, 2.05) is 4.90 Å². The number of sulfone groups is 1. The van der Waals surface area contributed by atoms with Crippen molar-refractivity contribution in [2.75, 3.05) is 32.4 Å². The minimum atomic E-state index is -3.34. The predicted octanol–water partition coefficient (Wildman–Crippen LogP) is 2.84. The van der Waals surface area contributed by atoms with E-state index >= 15 is 0 Å². The van der Waals surface area contributed by atoms with Gasteiger partial charge in [0, 0.05) is 49.8 Å². The lowest BCUT2D eigenvalue weighted by Gasteiger charge is -2.35. The molecule has 0 radical (unpaired) electrons. The fourth-order valence-corrected chi connectivity index (χ4v) is 5.38. The molecule has 0 atom stereocenters. The maximum Gasteiger partial charge on any atom is 0.290 e. The van der Waals surface area contributed by atoms with Crippen LogP contribution in [0.1, 0.15) is 48.2 Å². The van der Waals surface area contributed by atoms with Gasteiger partial charge in [0.1, 0.15) is 5.58 Å².